The molecule has 0 radical (unpaired) electrons. The van der Waals surface area contributed by atoms with Crippen LogP contribution in [0.5, 0.6) is 0 Å². The van der Waals surface area contributed by atoms with Crippen molar-refractivity contribution in [1.29, 1.82) is 0 Å². The van der Waals surface area contributed by atoms with E-state index in [0.717, 1.165) is 54.4 Å². The van der Waals surface area contributed by atoms with E-state index in [1.54, 1.807) is 5.57 Å². The lowest BCUT2D eigenvalue weighted by Crippen LogP contribution is -2.50. The van der Waals surface area contributed by atoms with Gasteiger partial charge in [0.2, 0.25) is 0 Å². The Kier molecular flexibility index (Phi) is 6.08. The summed E-state index contributed by atoms with van der Waals surface area (Å²) >= 11 is 0. The van der Waals surface area contributed by atoms with Gasteiger partial charge in [0.05, 0.1) is 12.7 Å². The van der Waals surface area contributed by atoms with Crippen molar-refractivity contribution in [3.63, 3.8) is 0 Å². The molecule has 3 saturated carbocycles. The molecule has 4 aliphatic carbocycles. The summed E-state index contributed by atoms with van der Waals surface area (Å²) in [4.78, 5) is 0. The molecule has 4 rings (SSSR count). The molecule has 2 nitrogen and oxygen atoms in total. The van der Waals surface area contributed by atoms with E-state index < -0.39 is 0 Å². The van der Waals surface area contributed by atoms with Crippen LogP contribution in [0.4, 0.5) is 0 Å². The van der Waals surface area contributed by atoms with Crippen molar-refractivity contribution in [2.45, 2.75) is 98.0 Å². The van der Waals surface area contributed by atoms with E-state index >= 15 is 0 Å². The molecule has 0 unspecified atom stereocenters. The number of allylic oxidation sites excluding steroid dienone is 2. The Morgan fingerprint density at radius 2 is 1.97 bits per heavy atom. The van der Waals surface area contributed by atoms with Gasteiger partial charge in [-0.3, -0.25) is 0 Å². The second-order valence-electron chi connectivity index (χ2n) is 11.6. The average Bonchev–Trinajstić information content (AvgIpc) is 3.05. The Bertz CT molecular complexity index is 663. The molecule has 8 atom stereocenters. The van der Waals surface area contributed by atoms with E-state index in [2.05, 4.69) is 32.9 Å². The molecule has 0 aromatic rings. The molecule has 164 valence electrons. The second-order valence-corrected chi connectivity index (χ2v) is 11.6. The normalized spacial score (nSPS) is 45.8. The van der Waals surface area contributed by atoms with Crippen LogP contribution >= 0.6 is 0 Å². The predicted molar refractivity (Wildman–Crippen MR) is 120 cm³/mol. The van der Waals surface area contributed by atoms with E-state index in [4.69, 9.17) is 0 Å². The number of fused-ring (bicyclic) bond motifs is 5. The summed E-state index contributed by atoms with van der Waals surface area (Å²) in [6.45, 7) is 9.91. The van der Waals surface area contributed by atoms with Gasteiger partial charge in [0.1, 0.15) is 0 Å². The Hall–Kier alpha value is -0.600. The topological polar surface area (TPSA) is 40.5 Å². The van der Waals surface area contributed by atoms with Gasteiger partial charge in [0.15, 0.2) is 0 Å². The lowest BCUT2D eigenvalue weighted by atomic mass is 9.47. The molecular formula is C27H44O2. The Morgan fingerprint density at radius 1 is 1.17 bits per heavy atom. The fraction of sp³-hybridized carbons (Fsp3) is 0.852. The minimum absolute atomic E-state index is 0.0973. The number of aliphatic hydroxyl groups excluding tert-OH is 2. The van der Waals surface area contributed by atoms with Crippen molar-refractivity contribution in [3.05, 3.63) is 23.3 Å². The molecular weight excluding hydrogens is 356 g/mol. The first-order valence-corrected chi connectivity index (χ1v) is 12.4. The van der Waals surface area contributed by atoms with Gasteiger partial charge in [-0.2, -0.15) is 0 Å². The largest absolute Gasteiger partial charge is 0.393 e. The molecule has 0 aromatic heterocycles. The third-order valence-corrected chi connectivity index (χ3v) is 10.2. The van der Waals surface area contributed by atoms with Crippen LogP contribution in [0.2, 0.25) is 0 Å². The Labute approximate surface area is 178 Å². The lowest BCUT2D eigenvalue weighted by Gasteiger charge is -2.58. The van der Waals surface area contributed by atoms with Gasteiger partial charge < -0.3 is 10.2 Å². The quantitative estimate of drug-likeness (QED) is 0.533. The van der Waals surface area contributed by atoms with E-state index in [9.17, 15) is 10.2 Å². The van der Waals surface area contributed by atoms with Crippen molar-refractivity contribution in [2.75, 3.05) is 6.61 Å². The molecule has 0 saturated heterocycles. The third kappa shape index (κ3) is 3.67. The Balaban J connectivity index is 1.48. The van der Waals surface area contributed by atoms with Crippen LogP contribution in [0, 0.1) is 40.4 Å². The molecule has 2 heteroatoms. The van der Waals surface area contributed by atoms with E-state index in [1.165, 1.54) is 44.9 Å². The summed E-state index contributed by atoms with van der Waals surface area (Å²) in [6.07, 6.45) is 17.1. The first-order chi connectivity index (χ1) is 13.8. The first kappa shape index (κ1) is 21.6. The zero-order valence-electron chi connectivity index (χ0n) is 19.3. The lowest BCUT2D eigenvalue weighted by molar-refractivity contribution is -0.0571. The number of hydrogen-bond acceptors (Lipinski definition) is 2. The minimum atomic E-state index is -0.0973. The molecule has 0 amide bonds. The predicted octanol–water partition coefficient (Wildman–Crippen LogP) is 6.28. The highest BCUT2D eigenvalue weighted by Crippen LogP contribution is 2.67. The van der Waals surface area contributed by atoms with Gasteiger partial charge in [-0.1, -0.05) is 44.1 Å². The maximum absolute atomic E-state index is 10.2. The molecule has 0 aliphatic heterocycles. The second kappa shape index (κ2) is 8.15. The SMILES string of the molecule is C/C(=C/CC[C@@H](C)[C@H]1CC[C@H]2[C@@H]3CC=C4C[C@H](O)CC[C@]4(C)[C@H]3CC[C@]12C)CO. The third-order valence-electron chi connectivity index (χ3n) is 10.2. The van der Waals surface area contributed by atoms with Crippen molar-refractivity contribution in [3.8, 4) is 0 Å². The summed E-state index contributed by atoms with van der Waals surface area (Å²) < 4.78 is 0. The number of hydrogen-bond donors (Lipinski definition) is 2. The van der Waals surface area contributed by atoms with E-state index in [1.807, 2.05) is 6.92 Å². The molecule has 2 N–H and O–H groups in total. The summed E-state index contributed by atoms with van der Waals surface area (Å²) in [5.41, 5.74) is 3.59. The molecule has 0 heterocycles. The van der Waals surface area contributed by atoms with Crippen LogP contribution < -0.4 is 0 Å². The maximum Gasteiger partial charge on any atom is 0.0639 e. The highest BCUT2D eigenvalue weighted by molar-refractivity contribution is 5.25. The molecule has 0 bridgehead atoms. The van der Waals surface area contributed by atoms with Crippen molar-refractivity contribution in [1.82, 2.24) is 0 Å². The summed E-state index contributed by atoms with van der Waals surface area (Å²) in [5, 5.41) is 19.5. The van der Waals surface area contributed by atoms with Crippen molar-refractivity contribution < 1.29 is 10.2 Å². The fourth-order valence-corrected chi connectivity index (χ4v) is 8.48. The number of rotatable bonds is 5. The van der Waals surface area contributed by atoms with Gasteiger partial charge in [-0.25, -0.2) is 0 Å². The maximum atomic E-state index is 10.2. The van der Waals surface area contributed by atoms with Crippen LogP contribution in [0.3, 0.4) is 0 Å². The molecule has 3 fully saturated rings. The average molecular weight is 401 g/mol. The minimum Gasteiger partial charge on any atom is -0.393 e. The van der Waals surface area contributed by atoms with Gasteiger partial charge in [0, 0.05) is 0 Å². The summed E-state index contributed by atoms with van der Waals surface area (Å²) in [5.74, 6) is 4.25. The molecule has 0 aromatic carbocycles. The summed E-state index contributed by atoms with van der Waals surface area (Å²) in [6, 6.07) is 0. The highest BCUT2D eigenvalue weighted by atomic mass is 16.3. The van der Waals surface area contributed by atoms with Crippen LogP contribution in [-0.4, -0.2) is 22.9 Å². The van der Waals surface area contributed by atoms with Gasteiger partial charge in [-0.15, -0.1) is 0 Å². The van der Waals surface area contributed by atoms with Crippen LogP contribution in [0.25, 0.3) is 0 Å². The standard InChI is InChI=1S/C27H44O2/c1-18(17-28)6-5-7-19(2)23-10-11-24-22-9-8-20-16-21(29)12-14-26(20,3)25(22)13-15-27(23,24)4/h6,8,19,21-25,28-29H,5,7,9-17H2,1-4H3/b18-6-/t19-,21-,22+,23-,24+,25+,26+,27-/m1/s1. The van der Waals surface area contributed by atoms with Crippen LogP contribution in [0.1, 0.15) is 91.9 Å². The van der Waals surface area contributed by atoms with E-state index in [-0.39, 0.29) is 12.7 Å². The van der Waals surface area contributed by atoms with Gasteiger partial charge in [0.25, 0.3) is 0 Å². The van der Waals surface area contributed by atoms with Crippen LogP contribution in [-0.2, 0) is 0 Å². The summed E-state index contributed by atoms with van der Waals surface area (Å²) in [7, 11) is 0. The fourth-order valence-electron chi connectivity index (χ4n) is 8.48. The Morgan fingerprint density at radius 3 is 2.72 bits per heavy atom. The first-order valence-electron chi connectivity index (χ1n) is 12.4. The van der Waals surface area contributed by atoms with Crippen molar-refractivity contribution >= 4 is 0 Å². The molecule has 0 spiro atoms. The van der Waals surface area contributed by atoms with Crippen molar-refractivity contribution in [2.24, 2.45) is 40.4 Å². The highest BCUT2D eigenvalue weighted by Gasteiger charge is 2.59. The number of aliphatic hydroxyl groups is 2. The molecule has 29 heavy (non-hydrogen) atoms. The van der Waals surface area contributed by atoms with Gasteiger partial charge >= 0.3 is 0 Å². The smallest absolute Gasteiger partial charge is 0.0639 e. The van der Waals surface area contributed by atoms with Gasteiger partial charge in [-0.05, 0) is 112 Å². The van der Waals surface area contributed by atoms with Crippen LogP contribution in [0.15, 0.2) is 23.3 Å². The monoisotopic (exact) mass is 400 g/mol. The van der Waals surface area contributed by atoms with E-state index in [0.29, 0.717) is 10.8 Å². The zero-order chi connectivity index (χ0) is 20.8. The zero-order valence-corrected chi connectivity index (χ0v) is 19.3. The molecule has 4 aliphatic rings.